The molecule has 0 radical (unpaired) electrons. The number of carboxylic acids is 1. The van der Waals surface area contributed by atoms with Gasteiger partial charge in [0.2, 0.25) is 0 Å². The van der Waals surface area contributed by atoms with Crippen molar-refractivity contribution in [1.82, 2.24) is 4.90 Å². The predicted molar refractivity (Wildman–Crippen MR) is 140 cm³/mol. The topological polar surface area (TPSA) is 64.3 Å². The predicted octanol–water partition coefficient (Wildman–Crippen LogP) is 5.85. The molecule has 0 atom stereocenters. The normalized spacial score (nSPS) is 15.3. The molecule has 1 heterocycles. The maximum absolute atomic E-state index is 12.3. The van der Waals surface area contributed by atoms with E-state index in [9.17, 15) is 15.2 Å². The number of piperidine rings is 1. The quantitative estimate of drug-likeness (QED) is 0.445. The fourth-order valence-corrected chi connectivity index (χ4v) is 4.95. The number of halogens is 2. The lowest BCUT2D eigenvalue weighted by Gasteiger charge is -2.40. The van der Waals surface area contributed by atoms with Gasteiger partial charge in [0.1, 0.15) is 5.41 Å². The van der Waals surface area contributed by atoms with Crippen molar-refractivity contribution in [2.75, 3.05) is 19.6 Å². The monoisotopic (exact) mass is 496 g/mol. The first-order valence-corrected chi connectivity index (χ1v) is 11.1. The third kappa shape index (κ3) is 5.28. The Morgan fingerprint density at radius 3 is 1.71 bits per heavy atom. The molecule has 178 valence electrons. The summed E-state index contributed by atoms with van der Waals surface area (Å²) in [4.78, 5) is 14.6. The van der Waals surface area contributed by atoms with Crippen molar-refractivity contribution in [3.05, 3.63) is 108 Å². The summed E-state index contributed by atoms with van der Waals surface area (Å²) in [5.41, 5.74) is 1.31. The Morgan fingerprint density at radius 2 is 1.29 bits per heavy atom. The van der Waals surface area contributed by atoms with Crippen LogP contribution < -0.4 is 0 Å². The summed E-state index contributed by atoms with van der Waals surface area (Å²) in [5.74, 6) is -0.747. The average Bonchev–Trinajstić information content (AvgIpc) is 2.87. The number of nitrogens with zero attached hydrogens (tertiary/aromatic N) is 2. The maximum Gasteiger partial charge on any atom is 0.314 e. The van der Waals surface area contributed by atoms with Crippen LogP contribution in [0.2, 0.25) is 0 Å². The van der Waals surface area contributed by atoms with E-state index in [-0.39, 0.29) is 24.8 Å². The summed E-state index contributed by atoms with van der Waals surface area (Å²) in [7, 11) is 0. The molecule has 3 aromatic carbocycles. The minimum atomic E-state index is -0.830. The van der Waals surface area contributed by atoms with Gasteiger partial charge in [-0.2, -0.15) is 5.26 Å². The zero-order chi connectivity index (χ0) is 22.4. The van der Waals surface area contributed by atoms with Gasteiger partial charge in [-0.3, -0.25) is 4.79 Å². The summed E-state index contributed by atoms with van der Waals surface area (Å²) < 4.78 is 0. The molecule has 4 rings (SSSR count). The molecular weight excluding hydrogens is 467 g/mol. The largest absolute Gasteiger partial charge is 0.481 e. The lowest BCUT2D eigenvalue weighted by Crippen LogP contribution is -2.48. The van der Waals surface area contributed by atoms with Gasteiger partial charge in [-0.15, -0.1) is 24.8 Å². The maximum atomic E-state index is 12.3. The third-order valence-electron chi connectivity index (χ3n) is 6.97. The third-order valence-corrected chi connectivity index (χ3v) is 6.97. The smallest absolute Gasteiger partial charge is 0.314 e. The lowest BCUT2D eigenvalue weighted by molar-refractivity contribution is -0.146. The van der Waals surface area contributed by atoms with E-state index in [4.69, 9.17) is 0 Å². The van der Waals surface area contributed by atoms with Crippen molar-refractivity contribution in [2.45, 2.75) is 30.1 Å². The van der Waals surface area contributed by atoms with Crippen molar-refractivity contribution in [1.29, 1.82) is 5.26 Å². The number of aliphatic carboxylic acids is 1. The molecule has 1 aliphatic heterocycles. The second-order valence-electron chi connectivity index (χ2n) is 8.59. The van der Waals surface area contributed by atoms with E-state index in [1.54, 1.807) is 0 Å². The molecule has 0 aliphatic carbocycles. The van der Waals surface area contributed by atoms with Gasteiger partial charge in [-0.1, -0.05) is 91.0 Å². The molecule has 0 unspecified atom stereocenters. The Morgan fingerprint density at radius 1 is 0.853 bits per heavy atom. The van der Waals surface area contributed by atoms with Gasteiger partial charge in [-0.25, -0.2) is 0 Å². The first-order valence-electron chi connectivity index (χ1n) is 11.1. The summed E-state index contributed by atoms with van der Waals surface area (Å²) in [6.07, 6.45) is 1.80. The highest BCUT2D eigenvalue weighted by Gasteiger charge is 2.43. The number of rotatable bonds is 7. The number of benzene rings is 3. The molecule has 3 aromatic rings. The molecular formula is C28H30Cl2N2O2. The zero-order valence-corrected chi connectivity index (χ0v) is 20.6. The molecule has 6 heteroatoms. The molecule has 0 spiro atoms. The molecule has 0 amide bonds. The Balaban J connectivity index is 0.00000204. The molecule has 1 aliphatic rings. The molecule has 34 heavy (non-hydrogen) atoms. The van der Waals surface area contributed by atoms with E-state index >= 15 is 0 Å². The molecule has 0 saturated carbocycles. The van der Waals surface area contributed by atoms with Crippen molar-refractivity contribution in [3.63, 3.8) is 0 Å². The van der Waals surface area contributed by atoms with Gasteiger partial charge in [0.15, 0.2) is 0 Å². The van der Waals surface area contributed by atoms with Crippen LogP contribution in [0.3, 0.4) is 0 Å². The highest BCUT2D eigenvalue weighted by molar-refractivity contribution is 5.85. The fraction of sp³-hybridized carbons (Fsp3) is 0.286. The van der Waals surface area contributed by atoms with Crippen molar-refractivity contribution < 1.29 is 9.90 Å². The van der Waals surface area contributed by atoms with Crippen LogP contribution >= 0.6 is 24.8 Å². The fourth-order valence-electron chi connectivity index (χ4n) is 4.95. The summed E-state index contributed by atoms with van der Waals surface area (Å²) in [5, 5.41) is 20.4. The first kappa shape index (κ1) is 27.4. The van der Waals surface area contributed by atoms with E-state index < -0.39 is 16.8 Å². The molecule has 0 bridgehead atoms. The highest BCUT2D eigenvalue weighted by atomic mass is 35.5. The van der Waals surface area contributed by atoms with Crippen LogP contribution in [0.15, 0.2) is 91.0 Å². The Labute approximate surface area is 214 Å². The first-order chi connectivity index (χ1) is 15.6. The summed E-state index contributed by atoms with van der Waals surface area (Å²) >= 11 is 0. The minimum Gasteiger partial charge on any atom is -0.481 e. The van der Waals surface area contributed by atoms with E-state index in [0.717, 1.165) is 23.2 Å². The van der Waals surface area contributed by atoms with Crippen LogP contribution in [0.1, 0.15) is 36.0 Å². The van der Waals surface area contributed by atoms with E-state index in [1.807, 2.05) is 91.0 Å². The van der Waals surface area contributed by atoms with Crippen molar-refractivity contribution in [3.8, 4) is 6.07 Å². The van der Waals surface area contributed by atoms with Crippen LogP contribution in [-0.4, -0.2) is 35.6 Å². The van der Waals surface area contributed by atoms with Crippen molar-refractivity contribution >= 4 is 30.8 Å². The van der Waals surface area contributed by atoms with Gasteiger partial charge in [-0.05, 0) is 49.0 Å². The molecule has 1 N–H and O–H groups in total. The van der Waals surface area contributed by atoms with E-state index in [0.29, 0.717) is 32.4 Å². The van der Waals surface area contributed by atoms with Gasteiger partial charge in [0.25, 0.3) is 0 Å². The van der Waals surface area contributed by atoms with E-state index in [2.05, 4.69) is 11.0 Å². The number of likely N-dealkylation sites (tertiary alicyclic amines) is 1. The molecule has 0 aromatic heterocycles. The van der Waals surface area contributed by atoms with Crippen LogP contribution in [-0.2, 0) is 15.6 Å². The van der Waals surface area contributed by atoms with Gasteiger partial charge in [0.05, 0.1) is 11.5 Å². The Bertz CT molecular complexity index is 1040. The van der Waals surface area contributed by atoms with Crippen LogP contribution in [0.5, 0.6) is 0 Å². The zero-order valence-electron chi connectivity index (χ0n) is 19.0. The lowest BCUT2D eigenvalue weighted by atomic mass is 9.71. The van der Waals surface area contributed by atoms with Crippen LogP contribution in [0.4, 0.5) is 0 Å². The van der Waals surface area contributed by atoms with Crippen LogP contribution in [0.25, 0.3) is 0 Å². The summed E-state index contributed by atoms with van der Waals surface area (Å²) in [6.45, 7) is 2.14. The molecule has 1 fully saturated rings. The van der Waals surface area contributed by atoms with Gasteiger partial charge < -0.3 is 10.0 Å². The standard InChI is InChI=1S/C28H28N2O2.2ClH/c29-22-28(24-12-6-2-7-13-24,25-14-8-3-9-15-25)18-21-30-19-16-27(17-20-30,26(31)32)23-10-4-1-5-11-23;;/h1-15H,16-21H2,(H,31,32);2*1H. The average molecular weight is 497 g/mol. The number of carbonyl (C=O) groups is 1. The number of hydrogen-bond donors (Lipinski definition) is 1. The SMILES string of the molecule is Cl.Cl.N#CC(CCN1CCC(C(=O)O)(c2ccccc2)CC1)(c1ccccc1)c1ccccc1. The van der Waals surface area contributed by atoms with E-state index in [1.165, 1.54) is 0 Å². The molecule has 1 saturated heterocycles. The highest BCUT2D eigenvalue weighted by Crippen LogP contribution is 2.38. The number of nitriles is 1. The van der Waals surface area contributed by atoms with Crippen molar-refractivity contribution in [2.24, 2.45) is 0 Å². The van der Waals surface area contributed by atoms with Gasteiger partial charge in [0, 0.05) is 6.54 Å². The number of carboxylic acid groups (broad SMARTS) is 1. The van der Waals surface area contributed by atoms with Crippen LogP contribution in [0, 0.1) is 11.3 Å². The Hall–Kier alpha value is -2.84. The van der Waals surface area contributed by atoms with Gasteiger partial charge >= 0.3 is 5.97 Å². The minimum absolute atomic E-state index is 0. The summed E-state index contributed by atoms with van der Waals surface area (Å²) in [6, 6.07) is 32.2. The number of hydrogen-bond acceptors (Lipinski definition) is 3. The Kier molecular flexibility index (Phi) is 9.70. The second-order valence-corrected chi connectivity index (χ2v) is 8.59. The molecule has 4 nitrogen and oxygen atoms in total. The second kappa shape index (κ2) is 12.0.